The highest BCUT2D eigenvalue weighted by Gasteiger charge is 2.19. The summed E-state index contributed by atoms with van der Waals surface area (Å²) >= 11 is 0. The van der Waals surface area contributed by atoms with Gasteiger partial charge in [0.25, 0.3) is 0 Å². The lowest BCUT2D eigenvalue weighted by Crippen LogP contribution is -2.11. The highest BCUT2D eigenvalue weighted by atomic mass is 16.6. The second-order valence-electron chi connectivity index (χ2n) is 5.32. The number of rotatable bonds is 4. The van der Waals surface area contributed by atoms with Gasteiger partial charge in [0.05, 0.1) is 6.61 Å². The summed E-state index contributed by atoms with van der Waals surface area (Å²) in [6.45, 7) is 2.97. The molecule has 0 radical (unpaired) electrons. The SMILES string of the molecule is CC1CCC(c2cccc(CCON)c2)CC1. The van der Waals surface area contributed by atoms with E-state index in [4.69, 9.17) is 5.90 Å². The monoisotopic (exact) mass is 233 g/mol. The third-order valence-corrected chi connectivity index (χ3v) is 3.95. The third kappa shape index (κ3) is 3.55. The first-order chi connectivity index (χ1) is 8.29. The first-order valence-corrected chi connectivity index (χ1v) is 6.70. The Morgan fingerprint density at radius 1 is 1.24 bits per heavy atom. The van der Waals surface area contributed by atoms with Crippen LogP contribution >= 0.6 is 0 Å². The molecule has 2 heteroatoms. The van der Waals surface area contributed by atoms with Crippen LogP contribution in [0.4, 0.5) is 0 Å². The fourth-order valence-corrected chi connectivity index (χ4v) is 2.77. The molecular formula is C15H23NO. The summed E-state index contributed by atoms with van der Waals surface area (Å²) in [5.74, 6) is 6.76. The average Bonchev–Trinajstić information content (AvgIpc) is 2.37. The number of hydrogen-bond donors (Lipinski definition) is 1. The number of benzene rings is 1. The van der Waals surface area contributed by atoms with Crippen LogP contribution in [0, 0.1) is 5.92 Å². The van der Waals surface area contributed by atoms with Crippen LogP contribution in [0.25, 0.3) is 0 Å². The lowest BCUT2D eigenvalue weighted by molar-refractivity contribution is 0.141. The largest absolute Gasteiger partial charge is 0.304 e. The van der Waals surface area contributed by atoms with Gasteiger partial charge in [-0.25, -0.2) is 5.90 Å². The molecule has 0 bridgehead atoms. The van der Waals surface area contributed by atoms with Crippen LogP contribution in [0.5, 0.6) is 0 Å². The van der Waals surface area contributed by atoms with Gasteiger partial charge in [0.1, 0.15) is 0 Å². The van der Waals surface area contributed by atoms with Gasteiger partial charge in [-0.3, -0.25) is 0 Å². The van der Waals surface area contributed by atoms with Crippen molar-refractivity contribution in [2.24, 2.45) is 11.8 Å². The lowest BCUT2D eigenvalue weighted by Gasteiger charge is -2.26. The van der Waals surface area contributed by atoms with Crippen LogP contribution in [0.1, 0.15) is 49.7 Å². The van der Waals surface area contributed by atoms with Gasteiger partial charge in [0.2, 0.25) is 0 Å². The minimum absolute atomic E-state index is 0.602. The van der Waals surface area contributed by atoms with E-state index in [1.807, 2.05) is 0 Å². The topological polar surface area (TPSA) is 35.2 Å². The zero-order valence-corrected chi connectivity index (χ0v) is 10.7. The van der Waals surface area contributed by atoms with Crippen LogP contribution in [-0.4, -0.2) is 6.61 Å². The third-order valence-electron chi connectivity index (χ3n) is 3.95. The maximum Gasteiger partial charge on any atom is 0.0719 e. The second kappa shape index (κ2) is 6.18. The Bertz CT molecular complexity index is 343. The molecule has 0 unspecified atom stereocenters. The van der Waals surface area contributed by atoms with Crippen LogP contribution in [0.2, 0.25) is 0 Å². The van der Waals surface area contributed by atoms with Crippen LogP contribution in [0.15, 0.2) is 24.3 Å². The molecule has 0 atom stereocenters. The zero-order valence-electron chi connectivity index (χ0n) is 10.7. The highest BCUT2D eigenvalue weighted by molar-refractivity contribution is 5.27. The van der Waals surface area contributed by atoms with Gasteiger partial charge in [0.15, 0.2) is 0 Å². The summed E-state index contributed by atoms with van der Waals surface area (Å²) in [4.78, 5) is 4.65. The summed E-state index contributed by atoms with van der Waals surface area (Å²) in [5.41, 5.74) is 2.85. The van der Waals surface area contributed by atoms with Crippen molar-refractivity contribution in [1.82, 2.24) is 0 Å². The molecule has 2 nitrogen and oxygen atoms in total. The molecule has 2 rings (SSSR count). The van der Waals surface area contributed by atoms with E-state index < -0.39 is 0 Å². The Kier molecular flexibility index (Phi) is 4.57. The first kappa shape index (κ1) is 12.6. The fraction of sp³-hybridized carbons (Fsp3) is 0.600. The Labute approximate surface area is 104 Å². The minimum atomic E-state index is 0.602. The maximum atomic E-state index is 5.07. The molecule has 0 amide bonds. The van der Waals surface area contributed by atoms with Gasteiger partial charge in [-0.15, -0.1) is 0 Å². The molecule has 94 valence electrons. The Morgan fingerprint density at radius 3 is 2.71 bits per heavy atom. The average molecular weight is 233 g/mol. The molecule has 2 N–H and O–H groups in total. The van der Waals surface area contributed by atoms with E-state index in [9.17, 15) is 0 Å². The number of nitrogens with two attached hydrogens (primary N) is 1. The Balaban J connectivity index is 2.00. The van der Waals surface area contributed by atoms with Crippen LogP contribution in [-0.2, 0) is 11.3 Å². The van der Waals surface area contributed by atoms with Gasteiger partial charge >= 0.3 is 0 Å². The van der Waals surface area contributed by atoms with E-state index in [-0.39, 0.29) is 0 Å². The van der Waals surface area contributed by atoms with E-state index in [1.54, 1.807) is 0 Å². The smallest absolute Gasteiger partial charge is 0.0719 e. The summed E-state index contributed by atoms with van der Waals surface area (Å²) in [5, 5.41) is 0. The minimum Gasteiger partial charge on any atom is -0.304 e. The van der Waals surface area contributed by atoms with Crippen molar-refractivity contribution in [2.45, 2.75) is 44.9 Å². The second-order valence-corrected chi connectivity index (χ2v) is 5.32. The van der Waals surface area contributed by atoms with Crippen molar-refractivity contribution in [3.8, 4) is 0 Å². The predicted octanol–water partition coefficient (Wildman–Crippen LogP) is 3.41. The molecule has 1 aromatic rings. The molecule has 1 aromatic carbocycles. The summed E-state index contributed by atoms with van der Waals surface area (Å²) in [6, 6.07) is 8.93. The van der Waals surface area contributed by atoms with Gasteiger partial charge in [-0.2, -0.15) is 0 Å². The van der Waals surface area contributed by atoms with Gasteiger partial charge in [-0.1, -0.05) is 44.0 Å². The molecule has 1 saturated carbocycles. The molecule has 0 heterocycles. The zero-order chi connectivity index (χ0) is 12.1. The van der Waals surface area contributed by atoms with Gasteiger partial charge in [-0.05, 0) is 42.2 Å². The van der Waals surface area contributed by atoms with Crippen molar-refractivity contribution in [2.75, 3.05) is 6.61 Å². The van der Waals surface area contributed by atoms with Crippen LogP contribution < -0.4 is 5.90 Å². The Morgan fingerprint density at radius 2 is 2.00 bits per heavy atom. The van der Waals surface area contributed by atoms with Crippen molar-refractivity contribution in [3.63, 3.8) is 0 Å². The molecule has 17 heavy (non-hydrogen) atoms. The lowest BCUT2D eigenvalue weighted by atomic mass is 9.79. The summed E-state index contributed by atoms with van der Waals surface area (Å²) in [6.07, 6.45) is 6.35. The van der Waals surface area contributed by atoms with E-state index in [1.165, 1.54) is 36.8 Å². The van der Waals surface area contributed by atoms with E-state index in [2.05, 4.69) is 36.0 Å². The molecule has 0 spiro atoms. The van der Waals surface area contributed by atoms with E-state index in [0.717, 1.165) is 18.3 Å². The fourth-order valence-electron chi connectivity index (χ4n) is 2.77. The van der Waals surface area contributed by atoms with E-state index >= 15 is 0 Å². The number of hydrogen-bond acceptors (Lipinski definition) is 2. The van der Waals surface area contributed by atoms with Gasteiger partial charge < -0.3 is 4.84 Å². The molecule has 0 aromatic heterocycles. The summed E-state index contributed by atoms with van der Waals surface area (Å²) in [7, 11) is 0. The summed E-state index contributed by atoms with van der Waals surface area (Å²) < 4.78 is 0. The van der Waals surface area contributed by atoms with Crippen molar-refractivity contribution >= 4 is 0 Å². The van der Waals surface area contributed by atoms with Crippen molar-refractivity contribution in [1.29, 1.82) is 0 Å². The molecule has 1 fully saturated rings. The molecule has 0 saturated heterocycles. The molecule has 0 aliphatic heterocycles. The van der Waals surface area contributed by atoms with E-state index in [0.29, 0.717) is 6.61 Å². The Hall–Kier alpha value is -0.860. The maximum absolute atomic E-state index is 5.07. The standard InChI is InChI=1S/C15H23NO/c1-12-5-7-14(8-6-12)15-4-2-3-13(11-15)9-10-17-16/h2-4,11-12,14H,5-10,16H2,1H3. The predicted molar refractivity (Wildman–Crippen MR) is 70.7 cm³/mol. The normalized spacial score (nSPS) is 24.8. The van der Waals surface area contributed by atoms with Gasteiger partial charge in [0, 0.05) is 0 Å². The van der Waals surface area contributed by atoms with Crippen LogP contribution in [0.3, 0.4) is 0 Å². The highest BCUT2D eigenvalue weighted by Crippen LogP contribution is 2.35. The quantitative estimate of drug-likeness (QED) is 0.809. The van der Waals surface area contributed by atoms with Crippen molar-refractivity contribution in [3.05, 3.63) is 35.4 Å². The molecular weight excluding hydrogens is 210 g/mol. The molecule has 1 aliphatic carbocycles. The van der Waals surface area contributed by atoms with Crippen molar-refractivity contribution < 1.29 is 4.84 Å². The molecule has 1 aliphatic rings. The first-order valence-electron chi connectivity index (χ1n) is 6.70.